The molecule has 1 heteroatoms. The number of fused-ring (bicyclic) bond motifs is 9. The Morgan fingerprint density at radius 1 is 0.625 bits per heavy atom. The molecule has 2 aliphatic carbocycles. The van der Waals surface area contributed by atoms with Gasteiger partial charge in [0.05, 0.1) is 10.8 Å². The van der Waals surface area contributed by atoms with Crippen LogP contribution >= 0.6 is 0 Å². The van der Waals surface area contributed by atoms with Crippen LogP contribution in [0.25, 0.3) is 11.1 Å². The maximum Gasteiger partial charge on any atom is 0.0720 e. The average Bonchev–Trinajstić information content (AvgIpc) is 3.30. The van der Waals surface area contributed by atoms with E-state index in [2.05, 4.69) is 134 Å². The Kier molecular flexibility index (Phi) is 6.74. The summed E-state index contributed by atoms with van der Waals surface area (Å²) in [4.78, 5) is 0. The van der Waals surface area contributed by atoms with Gasteiger partial charge in [0.25, 0.3) is 0 Å². The third-order valence-electron chi connectivity index (χ3n) is 8.46. The highest BCUT2D eigenvalue weighted by atomic mass is 14.6. The van der Waals surface area contributed by atoms with E-state index in [1.165, 1.54) is 38.9 Å². The van der Waals surface area contributed by atoms with Gasteiger partial charge in [-0.15, -0.1) is 6.58 Å². The molecule has 0 aromatic heterocycles. The van der Waals surface area contributed by atoms with Crippen molar-refractivity contribution in [2.75, 3.05) is 5.73 Å². The molecule has 0 aliphatic heterocycles. The predicted octanol–water partition coefficient (Wildman–Crippen LogP) is 9.44. The van der Waals surface area contributed by atoms with Gasteiger partial charge in [-0.05, 0) is 64.8 Å². The van der Waals surface area contributed by atoms with Crippen molar-refractivity contribution in [3.63, 3.8) is 0 Å². The molecule has 0 unspecified atom stereocenters. The standard InChI is InChI=1S/C39H35N/c1-3-5-7-9-17-28-38(27-16-8-6-4-2)31-21-12-14-23-33(31)39(34-24-15-13-22-32(34)38)30-20-11-10-19-29(30)37-35(39)25-18-26-36(37)40/h3-5,7,9-28H,2,6,8,40H2,1H3/b5-3-,9-7-,27-16?,28-17+. The molecule has 0 fully saturated rings. The molecule has 196 valence electrons. The molecule has 6 rings (SSSR count). The third-order valence-corrected chi connectivity index (χ3v) is 8.46. The summed E-state index contributed by atoms with van der Waals surface area (Å²) in [6.45, 7) is 5.97. The average molecular weight is 518 g/mol. The second-order valence-corrected chi connectivity index (χ2v) is 10.6. The van der Waals surface area contributed by atoms with Gasteiger partial charge in [-0.25, -0.2) is 0 Å². The fraction of sp³-hybridized carbons (Fsp3) is 0.128. The summed E-state index contributed by atoms with van der Waals surface area (Å²) in [5, 5.41) is 0. The van der Waals surface area contributed by atoms with E-state index in [1.54, 1.807) is 0 Å². The second kappa shape index (κ2) is 10.5. The normalized spacial score (nSPS) is 20.8. The highest BCUT2D eigenvalue weighted by Crippen LogP contribution is 2.63. The van der Waals surface area contributed by atoms with Crippen molar-refractivity contribution in [2.45, 2.75) is 30.6 Å². The van der Waals surface area contributed by atoms with Crippen LogP contribution in [0.4, 0.5) is 5.69 Å². The fourth-order valence-corrected chi connectivity index (χ4v) is 6.91. The highest BCUT2D eigenvalue weighted by molar-refractivity contribution is 5.94. The molecule has 0 saturated heterocycles. The van der Waals surface area contributed by atoms with E-state index in [0.717, 1.165) is 24.1 Å². The molecule has 2 aliphatic rings. The molecule has 0 atom stereocenters. The SMILES string of the molecule is C=CCCC=CC1(/C=C/C=C\C=C/C)c2ccccc2C2(c3ccccc3-c3c(N)cccc32)c2ccccc21. The maximum absolute atomic E-state index is 6.73. The van der Waals surface area contributed by atoms with Crippen LogP contribution in [-0.4, -0.2) is 0 Å². The van der Waals surface area contributed by atoms with Crippen molar-refractivity contribution in [2.24, 2.45) is 0 Å². The molecule has 0 bridgehead atoms. The van der Waals surface area contributed by atoms with Gasteiger partial charge in [0.2, 0.25) is 0 Å². The van der Waals surface area contributed by atoms with Crippen molar-refractivity contribution < 1.29 is 0 Å². The number of unbranched alkanes of at least 4 members (excludes halogenated alkanes) is 1. The van der Waals surface area contributed by atoms with Crippen LogP contribution in [0.15, 0.2) is 152 Å². The largest absolute Gasteiger partial charge is 0.398 e. The third kappa shape index (κ3) is 3.69. The van der Waals surface area contributed by atoms with Crippen LogP contribution in [0.1, 0.15) is 53.1 Å². The van der Waals surface area contributed by atoms with Gasteiger partial charge < -0.3 is 5.73 Å². The van der Waals surface area contributed by atoms with E-state index >= 15 is 0 Å². The Labute approximate surface area is 238 Å². The zero-order valence-corrected chi connectivity index (χ0v) is 23.1. The lowest BCUT2D eigenvalue weighted by molar-refractivity contribution is 0.648. The molecule has 4 aromatic rings. The molecule has 1 nitrogen and oxygen atoms in total. The topological polar surface area (TPSA) is 26.0 Å². The van der Waals surface area contributed by atoms with Crippen LogP contribution in [0, 0.1) is 0 Å². The molecule has 2 N–H and O–H groups in total. The van der Waals surface area contributed by atoms with Gasteiger partial charge in [0.15, 0.2) is 0 Å². The predicted molar refractivity (Wildman–Crippen MR) is 171 cm³/mol. The summed E-state index contributed by atoms with van der Waals surface area (Å²) in [6.07, 6.45) is 21.5. The van der Waals surface area contributed by atoms with Crippen LogP contribution in [0.2, 0.25) is 0 Å². The molecular formula is C39H35N. The van der Waals surface area contributed by atoms with Crippen molar-refractivity contribution in [1.29, 1.82) is 0 Å². The molecule has 0 heterocycles. The first-order chi connectivity index (χ1) is 19.7. The minimum absolute atomic E-state index is 0.433. The Morgan fingerprint density at radius 3 is 1.90 bits per heavy atom. The summed E-state index contributed by atoms with van der Waals surface area (Å²) >= 11 is 0. The van der Waals surface area contributed by atoms with E-state index in [0.29, 0.717) is 0 Å². The molecular weight excluding hydrogens is 482 g/mol. The molecule has 1 spiro atoms. The van der Waals surface area contributed by atoms with Crippen LogP contribution in [-0.2, 0) is 10.8 Å². The first-order valence-electron chi connectivity index (χ1n) is 14.1. The molecule has 0 saturated carbocycles. The number of hydrogen-bond acceptors (Lipinski definition) is 1. The van der Waals surface area contributed by atoms with Gasteiger partial charge >= 0.3 is 0 Å². The van der Waals surface area contributed by atoms with E-state index in [9.17, 15) is 0 Å². The zero-order chi connectivity index (χ0) is 27.6. The van der Waals surface area contributed by atoms with Gasteiger partial charge in [0.1, 0.15) is 0 Å². The lowest BCUT2D eigenvalue weighted by Gasteiger charge is -2.47. The van der Waals surface area contributed by atoms with Gasteiger partial charge in [-0.3, -0.25) is 0 Å². The van der Waals surface area contributed by atoms with Crippen molar-refractivity contribution in [3.8, 4) is 11.1 Å². The number of nitrogens with two attached hydrogens (primary N) is 1. The van der Waals surface area contributed by atoms with Crippen LogP contribution in [0.3, 0.4) is 0 Å². The summed E-state index contributed by atoms with van der Waals surface area (Å²) < 4.78 is 0. The van der Waals surface area contributed by atoms with E-state index < -0.39 is 10.8 Å². The van der Waals surface area contributed by atoms with Crippen LogP contribution in [0.5, 0.6) is 0 Å². The number of rotatable bonds is 7. The lowest BCUT2D eigenvalue weighted by atomic mass is 9.54. The lowest BCUT2D eigenvalue weighted by Crippen LogP contribution is -2.41. The summed E-state index contributed by atoms with van der Waals surface area (Å²) in [5.41, 5.74) is 16.8. The number of anilines is 1. The number of hydrogen-bond donors (Lipinski definition) is 1. The van der Waals surface area contributed by atoms with Crippen molar-refractivity contribution in [1.82, 2.24) is 0 Å². The summed E-state index contributed by atoms with van der Waals surface area (Å²) in [5.74, 6) is 0. The molecule has 4 aromatic carbocycles. The number of allylic oxidation sites excluding steroid dienone is 9. The van der Waals surface area contributed by atoms with Gasteiger partial charge in [-0.1, -0.05) is 140 Å². The Bertz CT molecular complexity index is 1650. The number of nitrogen functional groups attached to an aromatic ring is 1. The minimum atomic E-state index is -0.457. The Balaban J connectivity index is 1.73. The van der Waals surface area contributed by atoms with Gasteiger partial charge in [-0.2, -0.15) is 0 Å². The summed E-state index contributed by atoms with van der Waals surface area (Å²) in [7, 11) is 0. The second-order valence-electron chi connectivity index (χ2n) is 10.6. The summed E-state index contributed by atoms with van der Waals surface area (Å²) in [6, 6.07) is 33.2. The van der Waals surface area contributed by atoms with E-state index in [4.69, 9.17) is 5.73 Å². The monoisotopic (exact) mass is 517 g/mol. The maximum atomic E-state index is 6.73. The molecule has 0 amide bonds. The van der Waals surface area contributed by atoms with E-state index in [1.807, 2.05) is 25.1 Å². The highest BCUT2D eigenvalue weighted by Gasteiger charge is 2.54. The molecule has 40 heavy (non-hydrogen) atoms. The first kappa shape index (κ1) is 25.6. The minimum Gasteiger partial charge on any atom is -0.398 e. The molecule has 0 radical (unpaired) electrons. The first-order valence-corrected chi connectivity index (χ1v) is 14.1. The van der Waals surface area contributed by atoms with Crippen molar-refractivity contribution >= 4 is 5.69 Å². The number of benzene rings is 4. The van der Waals surface area contributed by atoms with E-state index in [-0.39, 0.29) is 0 Å². The quantitative estimate of drug-likeness (QED) is 0.0989. The Morgan fingerprint density at radius 2 is 1.23 bits per heavy atom. The van der Waals surface area contributed by atoms with Crippen LogP contribution < -0.4 is 5.73 Å². The fourth-order valence-electron chi connectivity index (χ4n) is 6.91. The Hall–Kier alpha value is -4.62. The zero-order valence-electron chi connectivity index (χ0n) is 23.1. The van der Waals surface area contributed by atoms with Gasteiger partial charge in [0, 0.05) is 11.3 Å². The van der Waals surface area contributed by atoms with Crippen molar-refractivity contribution in [3.05, 3.63) is 186 Å². The smallest absolute Gasteiger partial charge is 0.0720 e.